The van der Waals surface area contributed by atoms with E-state index in [0.29, 0.717) is 5.69 Å². The molecule has 0 fully saturated rings. The van der Waals surface area contributed by atoms with Gasteiger partial charge in [0.1, 0.15) is 10.6 Å². The molecule has 0 aliphatic heterocycles. The number of hydrogen-bond donors (Lipinski definition) is 2. The molecule has 0 aliphatic carbocycles. The maximum atomic E-state index is 12.2. The highest BCUT2D eigenvalue weighted by Crippen LogP contribution is 2.20. The van der Waals surface area contributed by atoms with Crippen LogP contribution in [0.3, 0.4) is 0 Å². The summed E-state index contributed by atoms with van der Waals surface area (Å²) in [5.74, 6) is -1.19. The Morgan fingerprint density at radius 2 is 2.15 bits per heavy atom. The number of carboxylic acid groups (broad SMARTS) is 1. The van der Waals surface area contributed by atoms with Crippen LogP contribution in [0.25, 0.3) is 0 Å². The smallest absolute Gasteiger partial charge is 0.352 e. The zero-order valence-electron chi connectivity index (χ0n) is 10.9. The van der Waals surface area contributed by atoms with Crippen molar-refractivity contribution >= 4 is 21.7 Å². The van der Waals surface area contributed by atoms with Crippen molar-refractivity contribution < 1.29 is 18.3 Å². The molecule has 2 rings (SSSR count). The van der Waals surface area contributed by atoms with Crippen molar-refractivity contribution in [2.75, 3.05) is 4.72 Å². The maximum Gasteiger partial charge on any atom is 0.352 e. The molecular weight excluding hydrogens is 282 g/mol. The van der Waals surface area contributed by atoms with Crippen LogP contribution in [0, 0.1) is 6.92 Å². The molecule has 2 N–H and O–H groups in total. The molecular formula is C12H13N3O4S. The minimum atomic E-state index is -3.85. The van der Waals surface area contributed by atoms with Gasteiger partial charge in [0.05, 0.1) is 11.9 Å². The first-order valence-electron chi connectivity index (χ1n) is 5.64. The van der Waals surface area contributed by atoms with E-state index in [2.05, 4.69) is 9.71 Å². The van der Waals surface area contributed by atoms with E-state index in [1.54, 1.807) is 19.2 Å². The topological polar surface area (TPSA) is 101 Å². The second-order valence-electron chi connectivity index (χ2n) is 4.27. The Morgan fingerprint density at radius 3 is 2.70 bits per heavy atom. The number of carbonyl (C=O) groups is 1. The predicted molar refractivity (Wildman–Crippen MR) is 72.2 cm³/mol. The molecule has 0 amide bonds. The normalized spacial score (nSPS) is 11.3. The van der Waals surface area contributed by atoms with Gasteiger partial charge in [-0.1, -0.05) is 0 Å². The van der Waals surface area contributed by atoms with Crippen LogP contribution in [0.2, 0.25) is 0 Å². The van der Waals surface area contributed by atoms with Crippen molar-refractivity contribution in [2.45, 2.75) is 11.8 Å². The van der Waals surface area contributed by atoms with E-state index >= 15 is 0 Å². The number of nitrogens with zero attached hydrogens (tertiary/aromatic N) is 2. The van der Waals surface area contributed by atoms with Crippen LogP contribution in [0.4, 0.5) is 5.69 Å². The second kappa shape index (κ2) is 4.97. The van der Waals surface area contributed by atoms with E-state index in [0.717, 1.165) is 11.6 Å². The van der Waals surface area contributed by atoms with Crippen molar-refractivity contribution in [3.63, 3.8) is 0 Å². The first kappa shape index (κ1) is 14.1. The standard InChI is InChI=1S/C12H13N3O4S/c1-8-3-4-13-6-10(8)14-20(18,19)9-5-11(12(16)17)15(2)7-9/h3-7,14H,1-2H3,(H,16,17). The molecule has 0 saturated heterocycles. The van der Waals surface area contributed by atoms with Gasteiger partial charge in [0.2, 0.25) is 0 Å². The number of aromatic nitrogens is 2. The van der Waals surface area contributed by atoms with Gasteiger partial charge in [-0.05, 0) is 24.6 Å². The van der Waals surface area contributed by atoms with Crippen LogP contribution in [0.1, 0.15) is 16.1 Å². The van der Waals surface area contributed by atoms with Gasteiger partial charge in [-0.2, -0.15) is 0 Å². The average Bonchev–Trinajstić information content (AvgIpc) is 2.75. The van der Waals surface area contributed by atoms with Crippen molar-refractivity contribution in [1.29, 1.82) is 0 Å². The lowest BCUT2D eigenvalue weighted by Crippen LogP contribution is -2.13. The van der Waals surface area contributed by atoms with Crippen molar-refractivity contribution in [3.8, 4) is 0 Å². The quantitative estimate of drug-likeness (QED) is 0.883. The summed E-state index contributed by atoms with van der Waals surface area (Å²) in [4.78, 5) is 14.7. The highest BCUT2D eigenvalue weighted by molar-refractivity contribution is 7.92. The summed E-state index contributed by atoms with van der Waals surface area (Å²) in [6, 6.07) is 2.78. The Bertz CT molecular complexity index is 765. The number of rotatable bonds is 4. The van der Waals surface area contributed by atoms with Gasteiger partial charge in [0, 0.05) is 19.4 Å². The molecule has 0 unspecified atom stereocenters. The third-order valence-corrected chi connectivity index (χ3v) is 4.13. The van der Waals surface area contributed by atoms with Crippen LogP contribution in [0.5, 0.6) is 0 Å². The van der Waals surface area contributed by atoms with Crippen LogP contribution < -0.4 is 4.72 Å². The summed E-state index contributed by atoms with van der Waals surface area (Å²) in [5.41, 5.74) is 0.972. The van der Waals surface area contributed by atoms with Gasteiger partial charge in [-0.3, -0.25) is 9.71 Å². The van der Waals surface area contributed by atoms with Crippen molar-refractivity contribution in [3.05, 3.63) is 42.0 Å². The summed E-state index contributed by atoms with van der Waals surface area (Å²) in [5, 5.41) is 8.93. The van der Waals surface area contributed by atoms with Crippen molar-refractivity contribution in [2.24, 2.45) is 7.05 Å². The van der Waals surface area contributed by atoms with Crippen LogP contribution in [0.15, 0.2) is 35.6 Å². The Morgan fingerprint density at radius 1 is 1.45 bits per heavy atom. The molecule has 20 heavy (non-hydrogen) atoms. The maximum absolute atomic E-state index is 12.2. The number of hydrogen-bond acceptors (Lipinski definition) is 4. The first-order valence-corrected chi connectivity index (χ1v) is 7.12. The average molecular weight is 295 g/mol. The van der Waals surface area contributed by atoms with Gasteiger partial charge in [0.15, 0.2) is 0 Å². The largest absolute Gasteiger partial charge is 0.477 e. The molecule has 106 valence electrons. The van der Waals surface area contributed by atoms with Gasteiger partial charge in [0.25, 0.3) is 10.0 Å². The number of anilines is 1. The lowest BCUT2D eigenvalue weighted by molar-refractivity contribution is 0.0686. The van der Waals surface area contributed by atoms with Gasteiger partial charge >= 0.3 is 5.97 Å². The van der Waals surface area contributed by atoms with Crippen LogP contribution in [-0.2, 0) is 17.1 Å². The minimum Gasteiger partial charge on any atom is -0.477 e. The van der Waals surface area contributed by atoms with Gasteiger partial charge < -0.3 is 9.67 Å². The Kier molecular flexibility index (Phi) is 3.49. The molecule has 0 atom stereocenters. The number of aromatic carboxylic acids is 1. The third-order valence-electron chi connectivity index (χ3n) is 2.79. The van der Waals surface area contributed by atoms with Crippen LogP contribution in [-0.4, -0.2) is 29.0 Å². The second-order valence-corrected chi connectivity index (χ2v) is 5.96. The Labute approximate surface area is 115 Å². The van der Waals surface area contributed by atoms with E-state index < -0.39 is 16.0 Å². The molecule has 2 heterocycles. The molecule has 0 bridgehead atoms. The van der Waals surface area contributed by atoms with Crippen LogP contribution >= 0.6 is 0 Å². The zero-order valence-corrected chi connectivity index (χ0v) is 11.7. The predicted octanol–water partition coefficient (Wildman–Crippen LogP) is 1.23. The number of sulfonamides is 1. The number of aryl methyl sites for hydroxylation is 2. The summed E-state index contributed by atoms with van der Waals surface area (Å²) >= 11 is 0. The number of nitrogens with one attached hydrogen (secondary N) is 1. The lowest BCUT2D eigenvalue weighted by Gasteiger charge is -2.08. The molecule has 2 aromatic rings. The molecule has 0 saturated carbocycles. The molecule has 0 aromatic carbocycles. The number of carboxylic acids is 1. The highest BCUT2D eigenvalue weighted by Gasteiger charge is 2.20. The van der Waals surface area contributed by atoms with E-state index in [1.165, 1.54) is 24.0 Å². The van der Waals surface area contributed by atoms with Gasteiger partial charge in [-0.15, -0.1) is 0 Å². The van der Waals surface area contributed by atoms with Gasteiger partial charge in [-0.25, -0.2) is 13.2 Å². The van der Waals surface area contributed by atoms with Crippen molar-refractivity contribution in [1.82, 2.24) is 9.55 Å². The Balaban J connectivity index is 2.39. The van der Waals surface area contributed by atoms with E-state index in [-0.39, 0.29) is 10.6 Å². The zero-order chi connectivity index (χ0) is 14.9. The fourth-order valence-electron chi connectivity index (χ4n) is 1.67. The third kappa shape index (κ3) is 2.64. The molecule has 8 heteroatoms. The SMILES string of the molecule is Cc1ccncc1NS(=O)(=O)c1cc(C(=O)O)n(C)c1. The highest BCUT2D eigenvalue weighted by atomic mass is 32.2. The van der Waals surface area contributed by atoms with E-state index in [1.807, 2.05) is 0 Å². The first-order chi connectivity index (χ1) is 9.31. The fourth-order valence-corrected chi connectivity index (χ4v) is 2.85. The molecule has 0 spiro atoms. The Hall–Kier alpha value is -2.35. The fraction of sp³-hybridized carbons (Fsp3) is 0.167. The minimum absolute atomic E-state index is 0.103. The molecule has 7 nitrogen and oxygen atoms in total. The molecule has 0 aliphatic rings. The van der Waals surface area contributed by atoms with E-state index in [4.69, 9.17) is 5.11 Å². The summed E-state index contributed by atoms with van der Waals surface area (Å²) in [7, 11) is -2.38. The number of pyridine rings is 1. The summed E-state index contributed by atoms with van der Waals surface area (Å²) in [6.45, 7) is 1.74. The monoisotopic (exact) mass is 295 g/mol. The summed E-state index contributed by atoms with van der Waals surface area (Å²) < 4.78 is 28.0. The molecule has 2 aromatic heterocycles. The lowest BCUT2D eigenvalue weighted by atomic mass is 10.3. The van der Waals surface area contributed by atoms with E-state index in [9.17, 15) is 13.2 Å². The summed E-state index contributed by atoms with van der Waals surface area (Å²) in [6.07, 6.45) is 4.20. The molecule has 0 radical (unpaired) electrons.